The van der Waals surface area contributed by atoms with Gasteiger partial charge in [0.1, 0.15) is 5.69 Å². The summed E-state index contributed by atoms with van der Waals surface area (Å²) in [4.78, 5) is 36.3. The van der Waals surface area contributed by atoms with Crippen molar-refractivity contribution in [3.05, 3.63) is 46.1 Å². The van der Waals surface area contributed by atoms with Gasteiger partial charge in [0.25, 0.3) is 0 Å². The highest BCUT2D eigenvalue weighted by molar-refractivity contribution is 14.1. The van der Waals surface area contributed by atoms with Crippen molar-refractivity contribution in [2.45, 2.75) is 52.9 Å². The fourth-order valence-corrected chi connectivity index (χ4v) is 7.20. The zero-order valence-electron chi connectivity index (χ0n) is 21.4. The van der Waals surface area contributed by atoms with E-state index in [1.54, 1.807) is 25.3 Å². The van der Waals surface area contributed by atoms with E-state index < -0.39 is 11.9 Å². The van der Waals surface area contributed by atoms with Crippen LogP contribution in [0.3, 0.4) is 0 Å². The molecular weight excluding hydrogens is 630 g/mol. The van der Waals surface area contributed by atoms with E-state index in [9.17, 15) is 22.8 Å². The number of nitrogens with zero attached hydrogens (tertiary/aromatic N) is 3. The predicted molar refractivity (Wildman–Crippen MR) is 147 cm³/mol. The molecule has 1 saturated heterocycles. The molecule has 202 valence electrons. The molecule has 3 atom stereocenters. The Morgan fingerprint density at radius 2 is 1.89 bits per heavy atom. The lowest BCUT2D eigenvalue weighted by Gasteiger charge is -2.20. The summed E-state index contributed by atoms with van der Waals surface area (Å²) >= 11 is 3.54. The predicted octanol–water partition coefficient (Wildman–Crippen LogP) is 6.21. The minimum absolute atomic E-state index is 0.129. The molecule has 0 bridgehead atoms. The maximum atomic E-state index is 13.8. The lowest BCUT2D eigenvalue weighted by Crippen LogP contribution is -2.35. The van der Waals surface area contributed by atoms with Crippen molar-refractivity contribution in [2.75, 3.05) is 11.0 Å². The summed E-state index contributed by atoms with van der Waals surface area (Å²) < 4.78 is 48.5. The number of aromatic nitrogens is 2. The van der Waals surface area contributed by atoms with Gasteiger partial charge in [0, 0.05) is 34.1 Å². The molecule has 5 rings (SSSR count). The summed E-state index contributed by atoms with van der Waals surface area (Å²) in [6.45, 7) is 8.04. The Morgan fingerprint density at radius 3 is 2.50 bits per heavy atom. The van der Waals surface area contributed by atoms with Crippen LogP contribution in [0.1, 0.15) is 42.5 Å². The first-order valence-corrected chi connectivity index (χ1v) is 14.7. The quantitative estimate of drug-likeness (QED) is 0.164. The number of aryl methyl sites for hydroxylation is 1. The monoisotopic (exact) mass is 657 g/mol. The second-order valence-corrected chi connectivity index (χ2v) is 12.4. The highest BCUT2D eigenvalue weighted by Gasteiger charge is 2.72. The Morgan fingerprint density at radius 1 is 1.21 bits per heavy atom. The molecule has 11 heteroatoms. The van der Waals surface area contributed by atoms with Crippen molar-refractivity contribution >= 4 is 56.0 Å². The molecule has 1 aliphatic carbocycles. The number of rotatable bonds is 8. The summed E-state index contributed by atoms with van der Waals surface area (Å²) in [5.74, 6) is -0.856. The first-order chi connectivity index (χ1) is 17.9. The van der Waals surface area contributed by atoms with Crippen LogP contribution in [0.5, 0.6) is 0 Å². The van der Waals surface area contributed by atoms with E-state index >= 15 is 0 Å². The number of amides is 2. The number of imide groups is 1. The normalized spacial score (nSPS) is 21.3. The second kappa shape index (κ2) is 9.81. The molecule has 2 fully saturated rings. The van der Waals surface area contributed by atoms with E-state index in [1.807, 2.05) is 20.8 Å². The summed E-state index contributed by atoms with van der Waals surface area (Å²) in [6.07, 6.45) is -2.80. The fourth-order valence-electron chi connectivity index (χ4n) is 5.51. The highest BCUT2D eigenvalue weighted by Crippen LogP contribution is 2.63. The van der Waals surface area contributed by atoms with Gasteiger partial charge < -0.3 is 4.74 Å². The molecular formula is C27H27F3IN3O3S. The van der Waals surface area contributed by atoms with Crippen LogP contribution in [0.25, 0.3) is 21.5 Å². The average Bonchev–Trinajstić information content (AvgIpc) is 3.10. The van der Waals surface area contributed by atoms with Crippen LogP contribution in [0, 0.1) is 24.2 Å². The van der Waals surface area contributed by atoms with Gasteiger partial charge in [0.2, 0.25) is 11.8 Å². The number of hydrogen-bond acceptors (Lipinski definition) is 6. The van der Waals surface area contributed by atoms with Crippen molar-refractivity contribution in [1.82, 2.24) is 14.9 Å². The maximum absolute atomic E-state index is 13.8. The summed E-state index contributed by atoms with van der Waals surface area (Å²) in [5.41, 5.74) is 1.33. The van der Waals surface area contributed by atoms with Gasteiger partial charge in [-0.05, 0) is 48.6 Å². The molecule has 0 radical (unpaired) electrons. The van der Waals surface area contributed by atoms with Crippen LogP contribution < -0.4 is 0 Å². The number of alkyl halides is 4. The Labute approximate surface area is 236 Å². The van der Waals surface area contributed by atoms with Gasteiger partial charge in [-0.1, -0.05) is 36.4 Å². The first-order valence-electron chi connectivity index (χ1n) is 12.4. The Bertz CT molecular complexity index is 1410. The number of carbonyl (C=O) groups excluding carboxylic acids is 2. The number of thiophene rings is 1. The topological polar surface area (TPSA) is 72.4 Å². The number of hydrogen-bond donors (Lipinski definition) is 0. The highest BCUT2D eigenvalue weighted by atomic mass is 127. The first kappa shape index (κ1) is 27.4. The summed E-state index contributed by atoms with van der Waals surface area (Å²) in [7, 11) is 0. The van der Waals surface area contributed by atoms with Gasteiger partial charge >= 0.3 is 6.18 Å². The van der Waals surface area contributed by atoms with Crippen LogP contribution in [-0.2, 0) is 33.5 Å². The molecule has 1 saturated carbocycles. The van der Waals surface area contributed by atoms with Crippen LogP contribution in [-0.4, -0.2) is 43.8 Å². The molecule has 0 spiro atoms. The third kappa shape index (κ3) is 4.64. The van der Waals surface area contributed by atoms with Gasteiger partial charge in [0.15, 0.2) is 0 Å². The van der Waals surface area contributed by atoms with Gasteiger partial charge in [0.05, 0.1) is 40.4 Å². The number of ether oxygens (including phenoxy) is 1. The number of carbonyl (C=O) groups is 2. The smallest absolute Gasteiger partial charge is 0.377 e. The van der Waals surface area contributed by atoms with Crippen LogP contribution >= 0.6 is 33.9 Å². The zero-order chi connectivity index (χ0) is 27.6. The van der Waals surface area contributed by atoms with Crippen LogP contribution in [0.2, 0.25) is 0 Å². The molecule has 2 aliphatic rings. The fraction of sp³-hybridized carbons (Fsp3) is 0.481. The van der Waals surface area contributed by atoms with E-state index in [-0.39, 0.29) is 47.4 Å². The molecule has 1 aliphatic heterocycles. The van der Waals surface area contributed by atoms with Gasteiger partial charge in [-0.3, -0.25) is 19.5 Å². The summed E-state index contributed by atoms with van der Waals surface area (Å²) in [5, 5.41) is 0. The van der Waals surface area contributed by atoms with Crippen molar-refractivity contribution in [3.8, 4) is 11.3 Å². The molecule has 0 N–H and O–H groups in total. The van der Waals surface area contributed by atoms with Crippen molar-refractivity contribution < 1.29 is 27.5 Å². The number of piperidine rings is 1. The largest absolute Gasteiger partial charge is 0.433 e. The van der Waals surface area contributed by atoms with E-state index in [1.165, 1.54) is 16.2 Å². The molecule has 4 heterocycles. The number of likely N-dealkylation sites (tertiary alicyclic amines) is 1. The maximum Gasteiger partial charge on any atom is 0.433 e. The molecule has 6 nitrogen and oxygen atoms in total. The summed E-state index contributed by atoms with van der Waals surface area (Å²) in [6, 6.07) is 4.56. The minimum atomic E-state index is -4.60. The molecule has 2 amide bonds. The van der Waals surface area contributed by atoms with E-state index in [4.69, 9.17) is 4.74 Å². The molecule has 3 aromatic heterocycles. The molecule has 0 aromatic carbocycles. The number of fused-ring (bicyclic) bond motifs is 2. The van der Waals surface area contributed by atoms with E-state index in [0.29, 0.717) is 44.4 Å². The third-order valence-corrected chi connectivity index (χ3v) is 9.69. The number of halogens is 4. The second-order valence-electron chi connectivity index (χ2n) is 10.4. The van der Waals surface area contributed by atoms with Crippen LogP contribution in [0.4, 0.5) is 13.2 Å². The minimum Gasteiger partial charge on any atom is -0.377 e. The van der Waals surface area contributed by atoms with Crippen LogP contribution in [0.15, 0.2) is 24.4 Å². The Balaban J connectivity index is 1.56. The van der Waals surface area contributed by atoms with E-state index in [2.05, 4.69) is 32.6 Å². The van der Waals surface area contributed by atoms with Gasteiger partial charge in [-0.25, -0.2) is 4.98 Å². The third-order valence-electron chi connectivity index (χ3n) is 7.57. The SMILES string of the molecule is CCO[C@H](CI)Cc1c(C)cc(C(F)(F)F)nc1-c1ccnc2cc(CN3C(=O)C4C(C3=O)C4(C)C)sc12. The lowest BCUT2D eigenvalue weighted by molar-refractivity contribution is -0.144. The molecule has 3 aromatic rings. The zero-order valence-corrected chi connectivity index (χ0v) is 24.3. The molecule has 38 heavy (non-hydrogen) atoms. The van der Waals surface area contributed by atoms with Gasteiger partial charge in [-0.15, -0.1) is 11.3 Å². The van der Waals surface area contributed by atoms with E-state index in [0.717, 1.165) is 10.9 Å². The standard InChI is InChI=1S/C27H27F3IN3O3S/c1-5-37-14(11-31)9-17-13(2)8-19(27(28,29)30)33-22(17)16-6-7-32-18-10-15(38-23(16)18)12-34-24(35)20-21(25(34)36)26(20,3)4/h6-8,10,14,20-21H,5,9,11-12H2,1-4H3/t14-,20?,21?/m0/s1. The van der Waals surface area contributed by atoms with Gasteiger partial charge in [-0.2, -0.15) is 13.2 Å². The van der Waals surface area contributed by atoms with Crippen molar-refractivity contribution in [1.29, 1.82) is 0 Å². The van der Waals surface area contributed by atoms with Crippen molar-refractivity contribution in [3.63, 3.8) is 0 Å². The lowest BCUT2D eigenvalue weighted by atomic mass is 9.96. The Hall–Kier alpha value is -2.12. The average molecular weight is 657 g/mol. The van der Waals surface area contributed by atoms with Crippen molar-refractivity contribution in [2.24, 2.45) is 17.3 Å². The molecule has 2 unspecified atom stereocenters. The Kier molecular flexibility index (Phi) is 7.09. The number of pyridine rings is 2.